The van der Waals surface area contributed by atoms with Crippen LogP contribution in [0.4, 0.5) is 44.9 Å². The molecule has 42 heteroatoms. The molecule has 0 radical (unpaired) electrons. The maximum Gasteiger partial charge on any atom is 0.412 e. The van der Waals surface area contributed by atoms with Gasteiger partial charge >= 0.3 is 31.8 Å². The number of anilines is 3. The number of carbonyl (C=O) groups excluding carboxylic acids is 8. The van der Waals surface area contributed by atoms with Crippen LogP contribution < -0.4 is 38.1 Å². The molecule has 5 aliphatic heterocycles. The molecule has 506 valence electrons. The number of primary amides is 1. The van der Waals surface area contributed by atoms with Gasteiger partial charge < -0.3 is 51.7 Å². The number of urea groups is 1. The first-order valence-electron chi connectivity index (χ1n) is 28.8. The summed E-state index contributed by atoms with van der Waals surface area (Å²) in [5.41, 5.74) is 11.7. The van der Waals surface area contributed by atoms with E-state index in [0.717, 1.165) is 45.5 Å². The van der Waals surface area contributed by atoms with Gasteiger partial charge in [-0.3, -0.25) is 66.3 Å². The Kier molecular flexibility index (Phi) is 21.4. The van der Waals surface area contributed by atoms with E-state index in [-0.39, 0.29) is 85.0 Å². The summed E-state index contributed by atoms with van der Waals surface area (Å²) in [4.78, 5) is 128. The number of thiol groups is 2. The van der Waals surface area contributed by atoms with Crippen molar-refractivity contribution in [2.75, 3.05) is 55.8 Å². The van der Waals surface area contributed by atoms with Crippen LogP contribution in [0.5, 0.6) is 0 Å². The van der Waals surface area contributed by atoms with Crippen molar-refractivity contribution in [2.45, 2.75) is 120 Å². The van der Waals surface area contributed by atoms with Crippen molar-refractivity contribution in [3.8, 4) is 0 Å². The van der Waals surface area contributed by atoms with Gasteiger partial charge in [0.05, 0.1) is 38.5 Å². The highest BCUT2D eigenvalue weighted by molar-refractivity contribution is 8.44. The maximum atomic E-state index is 16.7. The fourth-order valence-corrected chi connectivity index (χ4v) is 13.6. The Hall–Kier alpha value is -8.07. The monoisotopic (exact) mass is 1400 g/mol. The number of benzene rings is 1. The molecular weight excluding hydrogens is 1330 g/mol. The van der Waals surface area contributed by atoms with E-state index in [2.05, 4.69) is 81.0 Å². The Morgan fingerprint density at radius 3 is 1.98 bits per heavy atom. The summed E-state index contributed by atoms with van der Waals surface area (Å²) in [5, 5.41) is 12.7. The molecule has 94 heavy (non-hydrogen) atoms. The normalized spacial score (nSPS) is 27.7. The number of hydrogen-bond acceptors (Lipinski definition) is 25. The van der Waals surface area contributed by atoms with Gasteiger partial charge in [-0.15, -0.1) is 0 Å². The fraction of sp³-hybridized carbons (Fsp3) is 0.500. The van der Waals surface area contributed by atoms with Crippen molar-refractivity contribution >= 4 is 125 Å². The van der Waals surface area contributed by atoms with Crippen molar-refractivity contribution in [1.82, 2.24) is 64.8 Å². The Morgan fingerprint density at radius 1 is 0.777 bits per heavy atom. The molecule has 0 spiro atoms. The summed E-state index contributed by atoms with van der Waals surface area (Å²) in [5.74, 6) is -3.90. The zero-order valence-corrected chi connectivity index (χ0v) is 53.0. The van der Waals surface area contributed by atoms with E-state index in [1.54, 1.807) is 13.8 Å². The zero-order chi connectivity index (χ0) is 67.3. The molecule has 35 nitrogen and oxygen atoms in total. The van der Waals surface area contributed by atoms with E-state index in [9.17, 15) is 51.9 Å². The summed E-state index contributed by atoms with van der Waals surface area (Å²) in [7, 11) is 0. The van der Waals surface area contributed by atoms with Crippen molar-refractivity contribution in [2.24, 2.45) is 11.7 Å². The maximum absolute atomic E-state index is 16.7. The molecule has 1 aromatic carbocycles. The Labute approximate surface area is 540 Å². The van der Waals surface area contributed by atoms with Crippen LogP contribution in [0.3, 0.4) is 0 Å². The minimum Gasteiger partial charge on any atom is -0.447 e. The van der Waals surface area contributed by atoms with E-state index in [1.165, 1.54) is 35.2 Å². The summed E-state index contributed by atoms with van der Waals surface area (Å²) >= 11 is 8.09. The van der Waals surface area contributed by atoms with Crippen molar-refractivity contribution in [3.05, 3.63) is 67.3 Å². The van der Waals surface area contributed by atoms with Gasteiger partial charge in [-0.05, 0) is 36.5 Å². The van der Waals surface area contributed by atoms with Crippen molar-refractivity contribution in [3.63, 3.8) is 0 Å². The fourth-order valence-electron chi connectivity index (χ4n) is 10.6. The molecule has 1 unspecified atom stereocenters. The standard InChI is InChI=1S/C52H62F3N17O18P2S2/c1-24(2)37(67-32(73)11-13-69-33(74)9-10-34(69)75)47(77)66-29(4-3-12-58-50(57)78)46(76)65-27-7-5-25(6-8-27)16-84-52(80)70-15-26(53)14-28(70)17-83-51(79)68-43-39-45(62-21-60-43)72(23-64-39)49-36(55)41-31(88-49)19-86-91(81,93)89-40-30(18-85-92(82,94)90-41)87-48(35(40)54)71-22-63-38-42(56)59-20-61-44(38)71/h5-10,20-24,26,28-31,35-37,40-41,48-49H,3-4,11-19H2,1-2H3,(H,65,76)(H,66,77)(H,67,73)(H,81,93)(H,82,94)(H2,56,59,61)(H3,57,58,78)(H,60,62,68,79)/t26-,28-,29-,30?,31+,35+,36+,37-,40+,41+,48+,49+,91+,92-/m0/s1. The lowest BCUT2D eigenvalue weighted by Crippen LogP contribution is -2.54. The van der Waals surface area contributed by atoms with Gasteiger partial charge in [0.15, 0.2) is 53.2 Å². The number of fused-ring (bicyclic) bond motifs is 4. The van der Waals surface area contributed by atoms with Gasteiger partial charge in [0.1, 0.15) is 74.1 Å². The second-order valence-corrected chi connectivity index (χ2v) is 27.9. The van der Waals surface area contributed by atoms with Crippen LogP contribution in [0.2, 0.25) is 0 Å². The van der Waals surface area contributed by atoms with Gasteiger partial charge in [0, 0.05) is 43.8 Å². The number of carbonyl (C=O) groups is 8. The molecule has 9 amide bonds. The summed E-state index contributed by atoms with van der Waals surface area (Å²) in [6.07, 6.45) is -11.7. The molecule has 5 aromatic rings. The Balaban J connectivity index is 0.712. The molecular formula is C52H62F3N17O18P2S2. The molecule has 4 aromatic heterocycles. The van der Waals surface area contributed by atoms with Crippen LogP contribution in [0.15, 0.2) is 61.7 Å². The van der Waals surface area contributed by atoms with Gasteiger partial charge in [-0.1, -0.05) is 50.5 Å². The number of ether oxygens (including phenoxy) is 4. The highest BCUT2D eigenvalue weighted by Gasteiger charge is 2.55. The summed E-state index contributed by atoms with van der Waals surface area (Å²) < 4.78 is 123. The highest BCUT2D eigenvalue weighted by atomic mass is 32.7. The molecule has 10 rings (SSSR count). The van der Waals surface area contributed by atoms with Gasteiger partial charge in [0.25, 0.3) is 11.8 Å². The number of imidazole rings is 2. The first-order valence-corrected chi connectivity index (χ1v) is 34.2. The van der Waals surface area contributed by atoms with Crippen LogP contribution >= 0.6 is 38.1 Å². The number of imide groups is 1. The van der Waals surface area contributed by atoms with Gasteiger partial charge in [-0.25, -0.2) is 66.6 Å². The van der Waals surface area contributed by atoms with Crippen molar-refractivity contribution in [1.29, 1.82) is 0 Å². The lowest BCUT2D eigenvalue weighted by molar-refractivity contribution is -0.137. The second kappa shape index (κ2) is 29.3. The number of likely N-dealkylation sites (tertiary alicyclic amines) is 1. The summed E-state index contributed by atoms with van der Waals surface area (Å²) in [6, 6.07) is 1.87. The second-order valence-electron chi connectivity index (χ2n) is 22.1. The van der Waals surface area contributed by atoms with Crippen LogP contribution in [0.25, 0.3) is 22.3 Å². The number of nitrogens with zero attached hydrogens (tertiary/aromatic N) is 10. The van der Waals surface area contributed by atoms with Gasteiger partial charge in [-0.2, -0.15) is 0 Å². The number of nitrogens with one attached hydrogen (secondary N) is 5. The molecule has 0 bridgehead atoms. The first kappa shape index (κ1) is 68.8. The average molecular weight is 1400 g/mol. The van der Waals surface area contributed by atoms with E-state index in [1.807, 2.05) is 0 Å². The topological polar surface area (TPSA) is 450 Å². The number of aromatic nitrogens is 8. The lowest BCUT2D eigenvalue weighted by atomic mass is 10.0. The molecule has 14 atom stereocenters. The quantitative estimate of drug-likeness (QED) is 0.0234. The van der Waals surface area contributed by atoms with Crippen LogP contribution in [-0.2, 0) is 76.8 Å². The number of hydrogen-bond donors (Lipinski definition) is 9. The van der Waals surface area contributed by atoms with Crippen LogP contribution in [0, 0.1) is 5.92 Å². The Morgan fingerprint density at radius 2 is 1.37 bits per heavy atom. The minimum atomic E-state index is -4.61. The predicted molar refractivity (Wildman–Crippen MR) is 324 cm³/mol. The van der Waals surface area contributed by atoms with Gasteiger partial charge in [0.2, 0.25) is 17.7 Å². The minimum absolute atomic E-state index is 0.00588. The van der Waals surface area contributed by atoms with Crippen molar-refractivity contribution < 1.29 is 97.7 Å². The number of amides is 9. The number of nitrogen functional groups attached to an aromatic ring is 1. The first-order chi connectivity index (χ1) is 44.7. The molecule has 4 fully saturated rings. The number of rotatable bonds is 20. The molecule has 0 aliphatic carbocycles. The van der Waals surface area contributed by atoms with E-state index in [4.69, 9.17) is 48.5 Å². The van der Waals surface area contributed by atoms with E-state index >= 15 is 8.78 Å². The summed E-state index contributed by atoms with van der Waals surface area (Å²) in [6.45, 7) is -8.86. The molecule has 9 heterocycles. The number of alkyl halides is 3. The Bertz CT molecular complexity index is 3830. The lowest BCUT2D eigenvalue weighted by Gasteiger charge is -2.28. The number of nitrogens with two attached hydrogens (primary N) is 2. The van der Waals surface area contributed by atoms with Crippen LogP contribution in [0.1, 0.15) is 57.6 Å². The SMILES string of the molecule is CC(C)[C@H](NC(=O)CCN1C(=O)C=CC1=O)C(=O)N[C@@H](CCCNC(N)=O)C(=O)Nc1ccc(COC(=O)N2C[C@@H](F)C[C@H]2COC(=O)Nc2ncnc3c2ncn3[C@@H]2O[C@@H]3CO[P@@](=O)(S)O[C@@H]4C(CO[P@](=O)(S)O[C@H]3[C@H]2F)O[C@@H](n2cnc3c(N)ncnc32)[C@@H]4F)cc1. The van der Waals surface area contributed by atoms with E-state index in [0.29, 0.717) is 5.56 Å². The van der Waals surface area contributed by atoms with Crippen LogP contribution in [-0.4, -0.2) is 197 Å². The number of halogens is 3. The zero-order valence-electron chi connectivity index (χ0n) is 49.5. The molecule has 5 aliphatic rings. The smallest absolute Gasteiger partial charge is 0.412 e. The average Bonchev–Trinajstić information content (AvgIpc) is 1.62. The highest BCUT2D eigenvalue weighted by Crippen LogP contribution is 2.61. The molecule has 9 N–H and O–H groups in total. The largest absolute Gasteiger partial charge is 0.447 e. The third-order valence-corrected chi connectivity index (χ3v) is 18.5. The van der Waals surface area contributed by atoms with E-state index < -0.39 is 167 Å². The predicted octanol–water partition coefficient (Wildman–Crippen LogP) is 3.24. The molecule has 4 saturated heterocycles. The third kappa shape index (κ3) is 16.2. The molecule has 0 saturated carbocycles. The third-order valence-electron chi connectivity index (χ3n) is 15.3.